The van der Waals surface area contributed by atoms with Gasteiger partial charge >= 0.3 is 0 Å². The zero-order valence-electron chi connectivity index (χ0n) is 20.8. The third-order valence-electron chi connectivity index (χ3n) is 6.89. The second-order valence-electron chi connectivity index (χ2n) is 9.99. The van der Waals surface area contributed by atoms with Crippen molar-refractivity contribution in [2.24, 2.45) is 0 Å². The monoisotopic (exact) mass is 522 g/mol. The van der Waals surface area contributed by atoms with Crippen molar-refractivity contribution in [1.82, 2.24) is 9.62 Å². The summed E-state index contributed by atoms with van der Waals surface area (Å²) in [7, 11) is -3.79. The molecule has 0 spiro atoms. The van der Waals surface area contributed by atoms with Crippen LogP contribution in [0.15, 0.2) is 66.7 Å². The van der Waals surface area contributed by atoms with Crippen molar-refractivity contribution in [2.45, 2.75) is 44.2 Å². The average Bonchev–Trinajstić information content (AvgIpc) is 3.70. The summed E-state index contributed by atoms with van der Waals surface area (Å²) in [5, 5.41) is 0. The molecule has 194 valence electrons. The highest BCUT2D eigenvalue weighted by Crippen LogP contribution is 2.45. The van der Waals surface area contributed by atoms with Gasteiger partial charge in [-0.1, -0.05) is 54.6 Å². The Bertz CT molecular complexity index is 1390. The van der Waals surface area contributed by atoms with Crippen molar-refractivity contribution in [1.29, 1.82) is 0 Å². The molecule has 2 aliphatic rings. The highest BCUT2D eigenvalue weighted by Gasteiger charge is 2.31. The molecule has 1 heterocycles. The molecular weight excluding hydrogens is 491 g/mol. The predicted octanol–water partition coefficient (Wildman–Crippen LogP) is 5.10. The first-order chi connectivity index (χ1) is 17.8. The van der Waals surface area contributed by atoms with Crippen LogP contribution in [-0.2, 0) is 16.6 Å². The molecule has 1 aliphatic carbocycles. The van der Waals surface area contributed by atoms with Gasteiger partial charge in [-0.05, 0) is 66.5 Å². The molecule has 1 atom stereocenters. The summed E-state index contributed by atoms with van der Waals surface area (Å²) in [5.41, 5.74) is 4.15. The summed E-state index contributed by atoms with van der Waals surface area (Å²) in [6, 6.07) is 21.5. The van der Waals surface area contributed by atoms with Gasteiger partial charge in [-0.25, -0.2) is 17.5 Å². The quantitative estimate of drug-likeness (QED) is 0.445. The van der Waals surface area contributed by atoms with Crippen molar-refractivity contribution < 1.29 is 22.3 Å². The normalized spacial score (nSPS) is 18.4. The molecule has 1 saturated carbocycles. The lowest BCUT2D eigenvalue weighted by atomic mass is 9.98. The maximum absolute atomic E-state index is 14.9. The Morgan fingerprint density at radius 3 is 2.51 bits per heavy atom. The van der Waals surface area contributed by atoms with E-state index in [1.165, 1.54) is 28.8 Å². The van der Waals surface area contributed by atoms with Gasteiger partial charge in [0.05, 0.1) is 11.8 Å². The van der Waals surface area contributed by atoms with Gasteiger partial charge in [0.1, 0.15) is 17.7 Å². The highest BCUT2D eigenvalue weighted by atomic mass is 32.2. The van der Waals surface area contributed by atoms with Gasteiger partial charge in [0, 0.05) is 19.2 Å². The van der Waals surface area contributed by atoms with Crippen molar-refractivity contribution in [3.63, 3.8) is 0 Å². The summed E-state index contributed by atoms with van der Waals surface area (Å²) >= 11 is 0. The molecule has 3 aromatic carbocycles. The molecule has 1 N–H and O–H groups in total. The number of benzene rings is 3. The minimum absolute atomic E-state index is 0.106. The largest absolute Gasteiger partial charge is 0.489 e. The zero-order chi connectivity index (χ0) is 26.0. The molecule has 0 aromatic heterocycles. The molecule has 5 rings (SSSR count). The first-order valence-electron chi connectivity index (χ1n) is 12.6. The minimum atomic E-state index is -3.79. The van der Waals surface area contributed by atoms with E-state index in [2.05, 4.69) is 41.3 Å². The summed E-state index contributed by atoms with van der Waals surface area (Å²) < 4.78 is 46.1. The summed E-state index contributed by atoms with van der Waals surface area (Å²) in [6.45, 7) is 2.46. The maximum Gasteiger partial charge on any atom is 0.267 e. The molecule has 0 radical (unpaired) electrons. The van der Waals surface area contributed by atoms with Crippen LogP contribution in [0.25, 0.3) is 11.1 Å². The minimum Gasteiger partial charge on any atom is -0.489 e. The van der Waals surface area contributed by atoms with Crippen LogP contribution in [0, 0.1) is 5.82 Å². The SMILES string of the molecule is CS(=O)(=O)NC(=O)c1cc(C2CC2)c(O[C@@H]2CCCN(Cc3ccccc3-c3ccccc3)C2)cc1F. The number of hydrogen-bond donors (Lipinski definition) is 1. The maximum atomic E-state index is 14.9. The van der Waals surface area contributed by atoms with Gasteiger partial charge in [-0.3, -0.25) is 9.69 Å². The second-order valence-corrected chi connectivity index (χ2v) is 11.7. The van der Waals surface area contributed by atoms with E-state index in [4.69, 9.17) is 4.74 Å². The number of amides is 1. The van der Waals surface area contributed by atoms with E-state index in [1.807, 2.05) is 22.9 Å². The molecule has 0 bridgehead atoms. The third-order valence-corrected chi connectivity index (χ3v) is 7.45. The van der Waals surface area contributed by atoms with Crippen LogP contribution in [0.3, 0.4) is 0 Å². The van der Waals surface area contributed by atoms with Gasteiger partial charge in [-0.15, -0.1) is 0 Å². The average molecular weight is 523 g/mol. The topological polar surface area (TPSA) is 75.7 Å². The Labute approximate surface area is 217 Å². The number of ether oxygens (including phenoxy) is 1. The molecule has 6 nitrogen and oxygen atoms in total. The van der Waals surface area contributed by atoms with Crippen LogP contribution in [0.2, 0.25) is 0 Å². The van der Waals surface area contributed by atoms with E-state index in [-0.39, 0.29) is 17.6 Å². The van der Waals surface area contributed by atoms with Crippen molar-refractivity contribution >= 4 is 15.9 Å². The van der Waals surface area contributed by atoms with Crippen molar-refractivity contribution in [2.75, 3.05) is 19.3 Å². The van der Waals surface area contributed by atoms with E-state index >= 15 is 0 Å². The van der Waals surface area contributed by atoms with Crippen LogP contribution in [0.4, 0.5) is 4.39 Å². The molecule has 0 unspecified atom stereocenters. The number of halogens is 1. The third kappa shape index (κ3) is 6.37. The molecule has 2 fully saturated rings. The lowest BCUT2D eigenvalue weighted by molar-refractivity contribution is 0.0833. The predicted molar refractivity (Wildman–Crippen MR) is 141 cm³/mol. The number of nitrogens with one attached hydrogen (secondary N) is 1. The molecule has 8 heteroatoms. The number of rotatable bonds is 8. The number of sulfonamides is 1. The zero-order valence-corrected chi connectivity index (χ0v) is 21.6. The Morgan fingerprint density at radius 1 is 1.05 bits per heavy atom. The van der Waals surface area contributed by atoms with Gasteiger partial charge in [0.25, 0.3) is 5.91 Å². The fourth-order valence-corrected chi connectivity index (χ4v) is 5.46. The Kier molecular flexibility index (Phi) is 7.31. The number of nitrogens with zero attached hydrogens (tertiary/aromatic N) is 1. The highest BCUT2D eigenvalue weighted by molar-refractivity contribution is 7.89. The van der Waals surface area contributed by atoms with Crippen molar-refractivity contribution in [3.05, 3.63) is 89.2 Å². The van der Waals surface area contributed by atoms with Crippen LogP contribution in [-0.4, -0.2) is 44.7 Å². The first kappa shape index (κ1) is 25.4. The van der Waals surface area contributed by atoms with E-state index in [9.17, 15) is 17.6 Å². The second kappa shape index (κ2) is 10.6. The fourth-order valence-electron chi connectivity index (χ4n) is 5.02. The van der Waals surface area contributed by atoms with E-state index < -0.39 is 21.7 Å². The summed E-state index contributed by atoms with van der Waals surface area (Å²) in [4.78, 5) is 14.7. The van der Waals surface area contributed by atoms with Gasteiger partial charge in [-0.2, -0.15) is 0 Å². The van der Waals surface area contributed by atoms with E-state index in [0.717, 1.165) is 50.6 Å². The molecular formula is C29H31FN2O4S. The van der Waals surface area contributed by atoms with E-state index in [0.29, 0.717) is 12.3 Å². The summed E-state index contributed by atoms with van der Waals surface area (Å²) in [6.07, 6.45) is 4.46. The molecule has 3 aromatic rings. The number of carbonyl (C=O) groups excluding carboxylic acids is 1. The molecule has 1 amide bonds. The lowest BCUT2D eigenvalue weighted by Gasteiger charge is -2.34. The standard InChI is InChI=1S/C29H31FN2O4S/c1-37(34,35)31-29(33)26-16-25(21-13-14-21)28(17-27(26)30)36-23-11-7-15-32(19-23)18-22-10-5-6-12-24(22)20-8-3-2-4-9-20/h2-6,8-10,12,16-17,21,23H,7,11,13-15,18-19H2,1H3,(H,31,33)/t23-/m1/s1. The first-order valence-corrected chi connectivity index (χ1v) is 14.5. The molecule has 1 aliphatic heterocycles. The molecule has 1 saturated heterocycles. The molecule has 37 heavy (non-hydrogen) atoms. The van der Waals surface area contributed by atoms with Crippen LogP contribution in [0.1, 0.15) is 53.1 Å². The number of likely N-dealkylation sites (tertiary alicyclic amines) is 1. The van der Waals surface area contributed by atoms with Crippen LogP contribution >= 0.6 is 0 Å². The Balaban J connectivity index is 1.32. The number of hydrogen-bond acceptors (Lipinski definition) is 5. The number of carbonyl (C=O) groups is 1. The fraction of sp³-hybridized carbons (Fsp3) is 0.345. The van der Waals surface area contributed by atoms with Gasteiger partial charge < -0.3 is 4.74 Å². The van der Waals surface area contributed by atoms with Crippen LogP contribution < -0.4 is 9.46 Å². The van der Waals surface area contributed by atoms with Gasteiger partial charge in [0.2, 0.25) is 10.0 Å². The van der Waals surface area contributed by atoms with Crippen LogP contribution in [0.5, 0.6) is 5.75 Å². The smallest absolute Gasteiger partial charge is 0.267 e. The van der Waals surface area contributed by atoms with Gasteiger partial charge in [0.15, 0.2) is 0 Å². The Morgan fingerprint density at radius 2 is 1.78 bits per heavy atom. The van der Waals surface area contributed by atoms with E-state index in [1.54, 1.807) is 0 Å². The Hall–Kier alpha value is -3.23. The lowest BCUT2D eigenvalue weighted by Crippen LogP contribution is -2.40. The van der Waals surface area contributed by atoms with Crippen molar-refractivity contribution in [3.8, 4) is 16.9 Å². The number of piperidine rings is 1. The summed E-state index contributed by atoms with van der Waals surface area (Å²) in [5.74, 6) is -1.11.